The van der Waals surface area contributed by atoms with Crippen molar-refractivity contribution in [3.8, 4) is 0 Å². The van der Waals surface area contributed by atoms with E-state index in [9.17, 15) is 9.59 Å². The van der Waals surface area contributed by atoms with Crippen LogP contribution in [0.1, 0.15) is 35.2 Å². The summed E-state index contributed by atoms with van der Waals surface area (Å²) in [6.45, 7) is 8.09. The van der Waals surface area contributed by atoms with Crippen LogP contribution in [-0.2, 0) is 9.53 Å². The molecule has 158 valence electrons. The molecule has 6 nitrogen and oxygen atoms in total. The van der Waals surface area contributed by atoms with E-state index < -0.39 is 12.0 Å². The zero-order chi connectivity index (χ0) is 21.8. The molecule has 0 saturated heterocycles. The third kappa shape index (κ3) is 4.76. The molecular weight excluding hydrogens is 402 g/mol. The highest BCUT2D eigenvalue weighted by Crippen LogP contribution is 2.31. The summed E-state index contributed by atoms with van der Waals surface area (Å²) in [5.41, 5.74) is 5.50. The Bertz CT molecular complexity index is 1020. The number of ether oxygens (including phenoxy) is 1. The van der Waals surface area contributed by atoms with Crippen LogP contribution in [0.2, 0.25) is 5.02 Å². The minimum atomic E-state index is -0.601. The Balaban J connectivity index is 2.01. The fraction of sp³-hybridized carbons (Fsp3) is 0.304. The zero-order valence-corrected chi connectivity index (χ0v) is 18.3. The molecule has 0 bridgehead atoms. The Hall–Kier alpha value is -2.99. The number of nitrogens with one attached hydrogen (secondary N) is 3. The summed E-state index contributed by atoms with van der Waals surface area (Å²) in [6.07, 6.45) is 0. The van der Waals surface area contributed by atoms with Gasteiger partial charge in [0.1, 0.15) is 0 Å². The van der Waals surface area contributed by atoms with Crippen molar-refractivity contribution in [3.05, 3.63) is 74.9 Å². The molecular formula is C23H26ClN3O3. The highest BCUT2D eigenvalue weighted by molar-refractivity contribution is 6.31. The summed E-state index contributed by atoms with van der Waals surface area (Å²) in [7, 11) is 0. The predicted octanol–water partition coefficient (Wildman–Crippen LogP) is 4.55. The smallest absolute Gasteiger partial charge is 0.338 e. The second-order valence-corrected chi connectivity index (χ2v) is 7.73. The molecule has 2 amide bonds. The molecule has 0 saturated carbocycles. The second-order valence-electron chi connectivity index (χ2n) is 7.32. The summed E-state index contributed by atoms with van der Waals surface area (Å²) in [4.78, 5) is 25.3. The molecule has 0 radical (unpaired) electrons. The van der Waals surface area contributed by atoms with E-state index in [0.717, 1.165) is 27.9 Å². The van der Waals surface area contributed by atoms with Gasteiger partial charge in [-0.25, -0.2) is 9.59 Å². The largest absolute Gasteiger partial charge is 0.463 e. The predicted molar refractivity (Wildman–Crippen MR) is 119 cm³/mol. The first-order valence-corrected chi connectivity index (χ1v) is 10.2. The van der Waals surface area contributed by atoms with Crippen molar-refractivity contribution < 1.29 is 14.3 Å². The van der Waals surface area contributed by atoms with Crippen LogP contribution in [0.4, 0.5) is 10.5 Å². The van der Waals surface area contributed by atoms with Gasteiger partial charge in [-0.3, -0.25) is 0 Å². The van der Waals surface area contributed by atoms with Gasteiger partial charge in [0.25, 0.3) is 0 Å². The maximum atomic E-state index is 12.9. The number of aryl methyl sites for hydroxylation is 3. The minimum absolute atomic E-state index is 0.238. The molecule has 3 rings (SSSR count). The molecule has 2 aromatic rings. The van der Waals surface area contributed by atoms with Gasteiger partial charge < -0.3 is 20.7 Å². The molecule has 1 unspecified atom stereocenters. The SMILES string of the molecule is CCOC(=O)C1=C(CNc2ccc(C)c(Cl)c2)NC(=O)NC1c1cc(C)ccc1C. The number of hydrogen-bond acceptors (Lipinski definition) is 4. The highest BCUT2D eigenvalue weighted by atomic mass is 35.5. The Labute approximate surface area is 181 Å². The van der Waals surface area contributed by atoms with Gasteiger partial charge in [0.05, 0.1) is 30.5 Å². The lowest BCUT2D eigenvalue weighted by atomic mass is 9.91. The lowest BCUT2D eigenvalue weighted by molar-refractivity contribution is -0.139. The van der Waals surface area contributed by atoms with Gasteiger partial charge in [0.15, 0.2) is 0 Å². The Morgan fingerprint density at radius 1 is 1.13 bits per heavy atom. The van der Waals surface area contributed by atoms with Gasteiger partial charge in [-0.05, 0) is 56.5 Å². The first kappa shape index (κ1) is 21.7. The van der Waals surface area contributed by atoms with Crippen molar-refractivity contribution in [2.24, 2.45) is 0 Å². The van der Waals surface area contributed by atoms with Gasteiger partial charge in [-0.15, -0.1) is 0 Å². The normalized spacial score (nSPS) is 16.0. The van der Waals surface area contributed by atoms with Crippen LogP contribution in [0.5, 0.6) is 0 Å². The van der Waals surface area contributed by atoms with Crippen molar-refractivity contribution in [2.45, 2.75) is 33.7 Å². The number of hydrogen-bond donors (Lipinski definition) is 3. The molecule has 1 atom stereocenters. The number of carbonyl (C=O) groups excluding carboxylic acids is 2. The van der Waals surface area contributed by atoms with Crippen molar-refractivity contribution in [1.82, 2.24) is 10.6 Å². The standard InChI is InChI=1S/C23H26ClN3O3/c1-5-30-22(28)20-19(12-25-16-9-8-15(4)18(24)11-16)26-23(29)27-21(20)17-10-13(2)6-7-14(17)3/h6-11,21,25H,5,12H2,1-4H3,(H2,26,27,29). The van der Waals surface area contributed by atoms with Gasteiger partial charge in [-0.1, -0.05) is 41.4 Å². The van der Waals surface area contributed by atoms with E-state index in [0.29, 0.717) is 16.3 Å². The monoisotopic (exact) mass is 427 g/mol. The molecule has 3 N–H and O–H groups in total. The van der Waals surface area contributed by atoms with E-state index in [2.05, 4.69) is 16.0 Å². The van der Waals surface area contributed by atoms with E-state index in [-0.39, 0.29) is 19.2 Å². The number of halogens is 1. The molecule has 7 heteroatoms. The zero-order valence-electron chi connectivity index (χ0n) is 17.6. The quantitative estimate of drug-likeness (QED) is 0.591. The van der Waals surface area contributed by atoms with Crippen molar-refractivity contribution in [1.29, 1.82) is 0 Å². The first-order chi connectivity index (χ1) is 14.3. The Morgan fingerprint density at radius 2 is 1.87 bits per heavy atom. The lowest BCUT2D eigenvalue weighted by Gasteiger charge is -2.30. The lowest BCUT2D eigenvalue weighted by Crippen LogP contribution is -2.47. The van der Waals surface area contributed by atoms with Gasteiger partial charge in [-0.2, -0.15) is 0 Å². The van der Waals surface area contributed by atoms with Crippen molar-refractivity contribution in [2.75, 3.05) is 18.5 Å². The van der Waals surface area contributed by atoms with Crippen LogP contribution >= 0.6 is 11.6 Å². The number of esters is 1. The average Bonchev–Trinajstić information content (AvgIpc) is 2.70. The molecule has 1 aliphatic rings. The summed E-state index contributed by atoms with van der Waals surface area (Å²) >= 11 is 6.21. The molecule has 2 aromatic carbocycles. The topological polar surface area (TPSA) is 79.5 Å². The second kappa shape index (κ2) is 9.22. The number of anilines is 1. The third-order valence-electron chi connectivity index (χ3n) is 5.04. The summed E-state index contributed by atoms with van der Waals surface area (Å²) < 4.78 is 5.32. The molecule has 0 aromatic heterocycles. The summed E-state index contributed by atoms with van der Waals surface area (Å²) in [6, 6.07) is 10.6. The Kier molecular flexibility index (Phi) is 6.67. The first-order valence-electron chi connectivity index (χ1n) is 9.85. The molecule has 1 aliphatic heterocycles. The van der Waals surface area contributed by atoms with E-state index in [4.69, 9.17) is 16.3 Å². The van der Waals surface area contributed by atoms with Gasteiger partial charge in [0.2, 0.25) is 0 Å². The van der Waals surface area contributed by atoms with Gasteiger partial charge in [0, 0.05) is 10.7 Å². The van der Waals surface area contributed by atoms with Crippen LogP contribution in [0.3, 0.4) is 0 Å². The van der Waals surface area contributed by atoms with E-state index in [1.54, 1.807) is 6.92 Å². The molecule has 0 spiro atoms. The number of benzene rings is 2. The summed E-state index contributed by atoms with van der Waals surface area (Å²) in [5, 5.41) is 9.52. The minimum Gasteiger partial charge on any atom is -0.463 e. The molecule has 30 heavy (non-hydrogen) atoms. The fourth-order valence-electron chi connectivity index (χ4n) is 3.40. The average molecular weight is 428 g/mol. The third-order valence-corrected chi connectivity index (χ3v) is 5.44. The van der Waals surface area contributed by atoms with Crippen LogP contribution in [-0.4, -0.2) is 25.2 Å². The highest BCUT2D eigenvalue weighted by Gasteiger charge is 2.34. The Morgan fingerprint density at radius 3 is 2.57 bits per heavy atom. The van der Waals surface area contributed by atoms with Gasteiger partial charge >= 0.3 is 12.0 Å². The van der Waals surface area contributed by atoms with Crippen molar-refractivity contribution >= 4 is 29.3 Å². The van der Waals surface area contributed by atoms with Crippen LogP contribution in [0.25, 0.3) is 0 Å². The van der Waals surface area contributed by atoms with E-state index >= 15 is 0 Å². The van der Waals surface area contributed by atoms with Crippen LogP contribution in [0.15, 0.2) is 47.7 Å². The molecule has 0 fully saturated rings. The number of amides is 2. The number of urea groups is 1. The van der Waals surface area contributed by atoms with E-state index in [1.807, 2.05) is 57.2 Å². The molecule has 0 aliphatic carbocycles. The maximum Gasteiger partial charge on any atom is 0.338 e. The number of carbonyl (C=O) groups is 2. The fourth-order valence-corrected chi connectivity index (χ4v) is 3.59. The number of rotatable bonds is 6. The maximum absolute atomic E-state index is 12.9. The van der Waals surface area contributed by atoms with Crippen molar-refractivity contribution in [3.63, 3.8) is 0 Å². The molecule has 1 heterocycles. The van der Waals surface area contributed by atoms with E-state index in [1.165, 1.54) is 0 Å². The van der Waals surface area contributed by atoms with Crippen LogP contribution in [0, 0.1) is 20.8 Å². The van der Waals surface area contributed by atoms with Crippen LogP contribution < -0.4 is 16.0 Å². The summed E-state index contributed by atoms with van der Waals surface area (Å²) in [5.74, 6) is -0.463.